The summed E-state index contributed by atoms with van der Waals surface area (Å²) in [5.41, 5.74) is -0.105. The van der Waals surface area contributed by atoms with Gasteiger partial charge in [0.2, 0.25) is 0 Å². The van der Waals surface area contributed by atoms with Crippen LogP contribution in [0.3, 0.4) is 0 Å². The standard InChI is InChI=1S/C12H12F2O4/c1-17-11(16)3-2-4-18-12-9(13)5-8(7-15)6-10(12)14/h5-7H,2-4H2,1H3. The van der Waals surface area contributed by atoms with Gasteiger partial charge in [-0.25, -0.2) is 8.78 Å². The monoisotopic (exact) mass is 258 g/mol. The average Bonchev–Trinajstić information content (AvgIpc) is 2.36. The zero-order chi connectivity index (χ0) is 13.5. The molecule has 0 saturated carbocycles. The first-order valence-electron chi connectivity index (χ1n) is 5.22. The molecule has 0 aliphatic heterocycles. The molecule has 0 aromatic heterocycles. The molecule has 0 aliphatic carbocycles. The molecule has 0 unspecified atom stereocenters. The molecule has 1 aromatic carbocycles. The molecular formula is C12H12F2O4. The Kier molecular flexibility index (Phi) is 5.23. The third-order valence-corrected chi connectivity index (χ3v) is 2.16. The molecule has 0 amide bonds. The predicted molar refractivity (Wildman–Crippen MR) is 58.5 cm³/mol. The van der Waals surface area contributed by atoms with E-state index in [1.54, 1.807) is 0 Å². The van der Waals surface area contributed by atoms with Crippen molar-refractivity contribution in [1.82, 2.24) is 0 Å². The third kappa shape index (κ3) is 3.80. The molecule has 0 heterocycles. The van der Waals surface area contributed by atoms with Crippen LogP contribution in [0.2, 0.25) is 0 Å². The Hall–Kier alpha value is -1.98. The average molecular weight is 258 g/mol. The highest BCUT2D eigenvalue weighted by Gasteiger charge is 2.12. The van der Waals surface area contributed by atoms with Gasteiger partial charge in [-0.2, -0.15) is 0 Å². The normalized spacial score (nSPS) is 9.94. The fraction of sp³-hybridized carbons (Fsp3) is 0.333. The number of methoxy groups -OCH3 is 1. The van der Waals surface area contributed by atoms with Crippen LogP contribution in [0, 0.1) is 11.6 Å². The maximum Gasteiger partial charge on any atom is 0.305 e. The Balaban J connectivity index is 2.57. The summed E-state index contributed by atoms with van der Waals surface area (Å²) < 4.78 is 36.0. The van der Waals surface area contributed by atoms with Crippen molar-refractivity contribution < 1.29 is 27.8 Å². The fourth-order valence-corrected chi connectivity index (χ4v) is 1.28. The molecule has 0 N–H and O–H groups in total. The van der Waals surface area contributed by atoms with Gasteiger partial charge in [-0.1, -0.05) is 0 Å². The highest BCUT2D eigenvalue weighted by molar-refractivity contribution is 5.75. The lowest BCUT2D eigenvalue weighted by Gasteiger charge is -2.08. The molecule has 98 valence electrons. The lowest BCUT2D eigenvalue weighted by Crippen LogP contribution is -2.06. The Morgan fingerprint density at radius 1 is 1.33 bits per heavy atom. The van der Waals surface area contributed by atoms with Gasteiger partial charge in [0.25, 0.3) is 0 Å². The van der Waals surface area contributed by atoms with Gasteiger partial charge in [-0.15, -0.1) is 0 Å². The van der Waals surface area contributed by atoms with Crippen LogP contribution in [0.5, 0.6) is 5.75 Å². The number of benzene rings is 1. The molecule has 18 heavy (non-hydrogen) atoms. The highest BCUT2D eigenvalue weighted by Crippen LogP contribution is 2.22. The fourth-order valence-electron chi connectivity index (χ4n) is 1.28. The number of hydrogen-bond acceptors (Lipinski definition) is 4. The van der Waals surface area contributed by atoms with Crippen molar-refractivity contribution in [2.24, 2.45) is 0 Å². The maximum atomic E-state index is 13.3. The van der Waals surface area contributed by atoms with Gasteiger partial charge < -0.3 is 9.47 Å². The molecule has 0 atom stereocenters. The molecule has 0 radical (unpaired) electrons. The molecule has 0 fully saturated rings. The summed E-state index contributed by atoms with van der Waals surface area (Å²) in [5.74, 6) is -2.87. The number of halogens is 2. The van der Waals surface area contributed by atoms with Gasteiger partial charge in [-0.05, 0) is 18.6 Å². The van der Waals surface area contributed by atoms with Crippen molar-refractivity contribution in [2.75, 3.05) is 13.7 Å². The van der Waals surface area contributed by atoms with Gasteiger partial charge in [0.15, 0.2) is 17.4 Å². The van der Waals surface area contributed by atoms with Crippen molar-refractivity contribution in [3.05, 3.63) is 29.3 Å². The lowest BCUT2D eigenvalue weighted by molar-refractivity contribution is -0.140. The van der Waals surface area contributed by atoms with E-state index in [-0.39, 0.29) is 25.0 Å². The number of carbonyl (C=O) groups excluding carboxylic acids is 2. The van der Waals surface area contributed by atoms with Gasteiger partial charge >= 0.3 is 5.97 Å². The van der Waals surface area contributed by atoms with Crippen molar-refractivity contribution in [3.63, 3.8) is 0 Å². The molecule has 1 rings (SSSR count). The van der Waals surface area contributed by atoms with Crippen molar-refractivity contribution in [2.45, 2.75) is 12.8 Å². The van der Waals surface area contributed by atoms with E-state index in [1.165, 1.54) is 7.11 Å². The highest BCUT2D eigenvalue weighted by atomic mass is 19.1. The van der Waals surface area contributed by atoms with E-state index in [1.807, 2.05) is 0 Å². The van der Waals surface area contributed by atoms with Crippen LogP contribution in [-0.4, -0.2) is 26.0 Å². The largest absolute Gasteiger partial charge is 0.488 e. The van der Waals surface area contributed by atoms with E-state index in [4.69, 9.17) is 4.74 Å². The first-order chi connectivity index (χ1) is 8.58. The summed E-state index contributed by atoms with van der Waals surface area (Å²) in [5, 5.41) is 0. The predicted octanol–water partition coefficient (Wildman–Crippen LogP) is 2.11. The van der Waals surface area contributed by atoms with E-state index < -0.39 is 23.4 Å². The van der Waals surface area contributed by atoms with Gasteiger partial charge in [0.1, 0.15) is 6.29 Å². The first kappa shape index (κ1) is 14.1. The zero-order valence-electron chi connectivity index (χ0n) is 9.74. The van der Waals surface area contributed by atoms with E-state index >= 15 is 0 Å². The van der Waals surface area contributed by atoms with Crippen LogP contribution in [0.4, 0.5) is 8.78 Å². The molecule has 0 bridgehead atoms. The Morgan fingerprint density at radius 3 is 2.44 bits per heavy atom. The SMILES string of the molecule is COC(=O)CCCOc1c(F)cc(C=O)cc1F. The van der Waals surface area contributed by atoms with E-state index in [9.17, 15) is 18.4 Å². The number of esters is 1. The lowest BCUT2D eigenvalue weighted by atomic mass is 10.2. The van der Waals surface area contributed by atoms with E-state index in [0.29, 0.717) is 6.29 Å². The molecule has 0 saturated heterocycles. The second-order valence-electron chi connectivity index (χ2n) is 3.46. The number of carbonyl (C=O) groups is 2. The summed E-state index contributed by atoms with van der Waals surface area (Å²) in [7, 11) is 1.25. The minimum absolute atomic E-state index is 0.0244. The molecular weight excluding hydrogens is 246 g/mol. The topological polar surface area (TPSA) is 52.6 Å². The van der Waals surface area contributed by atoms with Crippen molar-refractivity contribution >= 4 is 12.3 Å². The van der Waals surface area contributed by atoms with E-state index in [0.717, 1.165) is 12.1 Å². The van der Waals surface area contributed by atoms with Crippen LogP contribution < -0.4 is 4.74 Å². The summed E-state index contributed by atoms with van der Waals surface area (Å²) in [6.45, 7) is -0.0244. The number of rotatable bonds is 6. The van der Waals surface area contributed by atoms with Crippen LogP contribution in [0.15, 0.2) is 12.1 Å². The number of hydrogen-bond donors (Lipinski definition) is 0. The summed E-state index contributed by atoms with van der Waals surface area (Å²) in [4.78, 5) is 21.1. The summed E-state index contributed by atoms with van der Waals surface area (Å²) in [6.07, 6.45) is 0.723. The van der Waals surface area contributed by atoms with E-state index in [2.05, 4.69) is 4.74 Å². The molecule has 0 aliphatic rings. The van der Waals surface area contributed by atoms with Crippen molar-refractivity contribution in [1.29, 1.82) is 0 Å². The quantitative estimate of drug-likeness (QED) is 0.445. The Labute approximate surface area is 103 Å². The van der Waals surface area contributed by atoms with Gasteiger partial charge in [0, 0.05) is 12.0 Å². The Bertz CT molecular complexity index is 423. The zero-order valence-corrected chi connectivity index (χ0v) is 9.74. The summed E-state index contributed by atoms with van der Waals surface area (Å²) >= 11 is 0. The second kappa shape index (κ2) is 6.68. The van der Waals surface area contributed by atoms with Gasteiger partial charge in [-0.3, -0.25) is 9.59 Å². The first-order valence-corrected chi connectivity index (χ1v) is 5.22. The second-order valence-corrected chi connectivity index (χ2v) is 3.46. The molecule has 1 aromatic rings. The smallest absolute Gasteiger partial charge is 0.305 e. The molecule has 0 spiro atoms. The van der Waals surface area contributed by atoms with Crippen LogP contribution >= 0.6 is 0 Å². The van der Waals surface area contributed by atoms with Crippen LogP contribution in [0.25, 0.3) is 0 Å². The van der Waals surface area contributed by atoms with Crippen LogP contribution in [-0.2, 0) is 9.53 Å². The number of aldehydes is 1. The summed E-state index contributed by atoms with van der Waals surface area (Å²) in [6, 6.07) is 1.76. The van der Waals surface area contributed by atoms with Gasteiger partial charge in [0.05, 0.1) is 13.7 Å². The van der Waals surface area contributed by atoms with Crippen LogP contribution in [0.1, 0.15) is 23.2 Å². The molecule has 4 nitrogen and oxygen atoms in total. The minimum atomic E-state index is -0.949. The number of ether oxygens (including phenoxy) is 2. The Morgan fingerprint density at radius 2 is 1.94 bits per heavy atom. The third-order valence-electron chi connectivity index (χ3n) is 2.16. The minimum Gasteiger partial charge on any atom is -0.488 e. The molecule has 6 heteroatoms. The maximum absolute atomic E-state index is 13.3. The van der Waals surface area contributed by atoms with Crippen molar-refractivity contribution in [3.8, 4) is 5.75 Å².